The van der Waals surface area contributed by atoms with Gasteiger partial charge in [-0.2, -0.15) is 5.10 Å². The number of imide groups is 1. The number of amides is 2. The number of benzene rings is 2. The minimum Gasteiger partial charge on any atom is -0.268 e. The molecule has 0 unspecified atom stereocenters. The summed E-state index contributed by atoms with van der Waals surface area (Å²) in [6, 6.07) is 13.6. The SMILES string of the molecule is O=C1c2ccccc2C(=O)N1c1cccc(Cl)c1-n1cccn1. The highest BCUT2D eigenvalue weighted by molar-refractivity contribution is 6.37. The molecular formula is C17H10ClN3O2. The van der Waals surface area contributed by atoms with Gasteiger partial charge in [0, 0.05) is 12.4 Å². The van der Waals surface area contributed by atoms with E-state index in [0.29, 0.717) is 27.5 Å². The van der Waals surface area contributed by atoms with Crippen LogP contribution in [0.1, 0.15) is 20.7 Å². The van der Waals surface area contributed by atoms with Gasteiger partial charge in [0.1, 0.15) is 5.69 Å². The molecule has 2 heterocycles. The smallest absolute Gasteiger partial charge is 0.266 e. The van der Waals surface area contributed by atoms with E-state index in [0.717, 1.165) is 4.90 Å². The summed E-state index contributed by atoms with van der Waals surface area (Å²) in [5.41, 5.74) is 1.69. The number of hydrogen-bond donors (Lipinski definition) is 0. The van der Waals surface area contributed by atoms with E-state index in [1.54, 1.807) is 65.6 Å². The van der Waals surface area contributed by atoms with Gasteiger partial charge in [-0.25, -0.2) is 9.58 Å². The van der Waals surface area contributed by atoms with Crippen LogP contribution in [0.25, 0.3) is 5.69 Å². The Kier molecular flexibility index (Phi) is 3.02. The first-order valence-electron chi connectivity index (χ1n) is 6.95. The lowest BCUT2D eigenvalue weighted by Crippen LogP contribution is -2.30. The molecule has 2 aromatic carbocycles. The number of nitrogens with zero attached hydrogens (tertiary/aromatic N) is 3. The number of carbonyl (C=O) groups excluding carboxylic acids is 2. The molecule has 5 nitrogen and oxygen atoms in total. The van der Waals surface area contributed by atoms with Crippen LogP contribution in [0.3, 0.4) is 0 Å². The van der Waals surface area contributed by atoms with Gasteiger partial charge in [-0.3, -0.25) is 9.59 Å². The zero-order valence-electron chi connectivity index (χ0n) is 11.8. The van der Waals surface area contributed by atoms with Crippen molar-refractivity contribution >= 4 is 29.1 Å². The molecule has 0 saturated carbocycles. The molecule has 0 saturated heterocycles. The molecule has 0 N–H and O–H groups in total. The Morgan fingerprint density at radius 3 is 2.17 bits per heavy atom. The lowest BCUT2D eigenvalue weighted by Gasteiger charge is -2.19. The van der Waals surface area contributed by atoms with Crippen LogP contribution < -0.4 is 4.90 Å². The molecule has 6 heteroatoms. The number of para-hydroxylation sites is 1. The van der Waals surface area contributed by atoms with E-state index >= 15 is 0 Å². The maximum atomic E-state index is 12.7. The molecule has 0 bridgehead atoms. The summed E-state index contributed by atoms with van der Waals surface area (Å²) >= 11 is 6.30. The van der Waals surface area contributed by atoms with Crippen LogP contribution in [0.2, 0.25) is 5.02 Å². The van der Waals surface area contributed by atoms with Crippen molar-refractivity contribution in [3.63, 3.8) is 0 Å². The van der Waals surface area contributed by atoms with Gasteiger partial charge in [0.25, 0.3) is 11.8 Å². The summed E-state index contributed by atoms with van der Waals surface area (Å²) in [6.07, 6.45) is 3.32. The normalized spacial score (nSPS) is 13.5. The van der Waals surface area contributed by atoms with Crippen molar-refractivity contribution < 1.29 is 9.59 Å². The van der Waals surface area contributed by atoms with Crippen LogP contribution >= 0.6 is 11.6 Å². The minimum atomic E-state index is -0.360. The Morgan fingerprint density at radius 2 is 1.57 bits per heavy atom. The second-order valence-corrected chi connectivity index (χ2v) is 5.46. The predicted molar refractivity (Wildman–Crippen MR) is 86.2 cm³/mol. The predicted octanol–water partition coefficient (Wildman–Crippen LogP) is 3.33. The molecule has 2 amide bonds. The fourth-order valence-corrected chi connectivity index (χ4v) is 2.98. The van der Waals surface area contributed by atoms with Crippen molar-refractivity contribution in [3.8, 4) is 5.69 Å². The summed E-state index contributed by atoms with van der Waals surface area (Å²) in [7, 11) is 0. The van der Waals surface area contributed by atoms with E-state index in [1.807, 2.05) is 0 Å². The third kappa shape index (κ3) is 1.98. The monoisotopic (exact) mass is 323 g/mol. The second kappa shape index (κ2) is 5.07. The van der Waals surface area contributed by atoms with E-state index in [9.17, 15) is 9.59 Å². The third-order valence-electron chi connectivity index (χ3n) is 3.73. The van der Waals surface area contributed by atoms with Crippen molar-refractivity contribution in [2.75, 3.05) is 4.90 Å². The fraction of sp³-hybridized carbons (Fsp3) is 0. The van der Waals surface area contributed by atoms with Crippen LogP contribution in [-0.4, -0.2) is 21.6 Å². The first kappa shape index (κ1) is 13.7. The molecule has 0 aliphatic carbocycles. The molecule has 4 rings (SSSR count). The van der Waals surface area contributed by atoms with Gasteiger partial charge >= 0.3 is 0 Å². The molecule has 0 fully saturated rings. The molecule has 112 valence electrons. The highest BCUT2D eigenvalue weighted by Crippen LogP contribution is 2.35. The average molecular weight is 324 g/mol. The number of rotatable bonds is 2. The van der Waals surface area contributed by atoms with Gasteiger partial charge in [0.15, 0.2) is 0 Å². The minimum absolute atomic E-state index is 0.360. The molecule has 3 aromatic rings. The molecule has 1 aromatic heterocycles. The molecule has 0 radical (unpaired) electrons. The Morgan fingerprint density at radius 1 is 0.870 bits per heavy atom. The van der Waals surface area contributed by atoms with E-state index in [1.165, 1.54) is 0 Å². The number of anilines is 1. The number of fused-ring (bicyclic) bond motifs is 1. The van der Waals surface area contributed by atoms with E-state index in [2.05, 4.69) is 5.10 Å². The van der Waals surface area contributed by atoms with Crippen molar-refractivity contribution in [2.45, 2.75) is 0 Å². The lowest BCUT2D eigenvalue weighted by molar-refractivity contribution is 0.0926. The van der Waals surface area contributed by atoms with Gasteiger partial charge < -0.3 is 0 Å². The van der Waals surface area contributed by atoms with Crippen LogP contribution in [0.5, 0.6) is 0 Å². The number of aromatic nitrogens is 2. The van der Waals surface area contributed by atoms with Crippen molar-refractivity contribution in [2.24, 2.45) is 0 Å². The van der Waals surface area contributed by atoms with Gasteiger partial charge in [0.05, 0.1) is 21.8 Å². The van der Waals surface area contributed by atoms with Crippen molar-refractivity contribution in [3.05, 3.63) is 77.1 Å². The highest BCUT2D eigenvalue weighted by Gasteiger charge is 2.38. The summed E-state index contributed by atoms with van der Waals surface area (Å²) in [5.74, 6) is -0.720. The second-order valence-electron chi connectivity index (χ2n) is 5.05. The zero-order valence-corrected chi connectivity index (χ0v) is 12.6. The quantitative estimate of drug-likeness (QED) is 0.680. The molecular weight excluding hydrogens is 314 g/mol. The van der Waals surface area contributed by atoms with Crippen LogP contribution in [0.15, 0.2) is 60.9 Å². The maximum absolute atomic E-state index is 12.7. The van der Waals surface area contributed by atoms with E-state index in [4.69, 9.17) is 11.6 Å². The third-order valence-corrected chi connectivity index (χ3v) is 4.04. The maximum Gasteiger partial charge on any atom is 0.266 e. The average Bonchev–Trinajstić information content (AvgIpc) is 3.16. The number of hydrogen-bond acceptors (Lipinski definition) is 3. The van der Waals surface area contributed by atoms with E-state index < -0.39 is 0 Å². The van der Waals surface area contributed by atoms with Crippen molar-refractivity contribution in [1.82, 2.24) is 9.78 Å². The van der Waals surface area contributed by atoms with Crippen LogP contribution in [-0.2, 0) is 0 Å². The first-order chi connectivity index (χ1) is 11.2. The summed E-state index contributed by atoms with van der Waals surface area (Å²) in [5, 5.41) is 4.57. The highest BCUT2D eigenvalue weighted by atomic mass is 35.5. The molecule has 0 atom stereocenters. The molecule has 1 aliphatic rings. The standard InChI is InChI=1S/C17H10ClN3O2/c18-13-7-3-8-14(15(13)20-10-4-9-19-20)21-16(22)11-5-1-2-6-12(11)17(21)23/h1-10H. The Hall–Kier alpha value is -2.92. The molecule has 1 aliphatic heterocycles. The lowest BCUT2D eigenvalue weighted by atomic mass is 10.1. The molecule has 23 heavy (non-hydrogen) atoms. The van der Waals surface area contributed by atoms with E-state index in [-0.39, 0.29) is 11.8 Å². The van der Waals surface area contributed by atoms with Crippen LogP contribution in [0, 0.1) is 0 Å². The van der Waals surface area contributed by atoms with Gasteiger partial charge in [-0.1, -0.05) is 29.8 Å². The largest absolute Gasteiger partial charge is 0.268 e. The summed E-state index contributed by atoms with van der Waals surface area (Å²) in [6.45, 7) is 0. The van der Waals surface area contributed by atoms with Gasteiger partial charge in [-0.05, 0) is 30.3 Å². The number of halogens is 1. The number of carbonyl (C=O) groups is 2. The molecule has 0 spiro atoms. The first-order valence-corrected chi connectivity index (χ1v) is 7.32. The Bertz CT molecular complexity index is 900. The zero-order chi connectivity index (χ0) is 16.0. The van der Waals surface area contributed by atoms with Gasteiger partial charge in [-0.15, -0.1) is 0 Å². The fourth-order valence-electron chi connectivity index (χ4n) is 2.72. The van der Waals surface area contributed by atoms with Crippen LogP contribution in [0.4, 0.5) is 5.69 Å². The Labute approximate surface area is 136 Å². The van der Waals surface area contributed by atoms with Crippen molar-refractivity contribution in [1.29, 1.82) is 0 Å². The summed E-state index contributed by atoms with van der Waals surface area (Å²) in [4.78, 5) is 26.5. The van der Waals surface area contributed by atoms with Gasteiger partial charge in [0.2, 0.25) is 0 Å². The Balaban J connectivity index is 1.92. The summed E-state index contributed by atoms with van der Waals surface area (Å²) < 4.78 is 1.54. The topological polar surface area (TPSA) is 55.2 Å².